The normalized spacial score (nSPS) is 46.3. The minimum absolute atomic E-state index is 0.233. The molecule has 4 atom stereocenters. The van der Waals surface area contributed by atoms with E-state index in [0.29, 0.717) is 6.61 Å². The lowest BCUT2D eigenvalue weighted by atomic mass is 10.1. The fourth-order valence-electron chi connectivity index (χ4n) is 1.82. The van der Waals surface area contributed by atoms with Crippen LogP contribution in [0.3, 0.4) is 0 Å². The third-order valence-electron chi connectivity index (χ3n) is 2.54. The van der Waals surface area contributed by atoms with Gasteiger partial charge in [0.2, 0.25) is 0 Å². The van der Waals surface area contributed by atoms with Gasteiger partial charge in [-0.15, -0.1) is 0 Å². The Balaban J connectivity index is 2.07. The van der Waals surface area contributed by atoms with E-state index < -0.39 is 18.2 Å². The molecule has 2 fully saturated rings. The molecular formula is C9H16O5. The molecule has 2 aliphatic rings. The Bertz CT molecular complexity index is 215. The predicted octanol–water partition coefficient (Wildman–Crippen LogP) is -0.130. The number of ether oxygens (including phenoxy) is 4. The summed E-state index contributed by atoms with van der Waals surface area (Å²) < 4.78 is 21.3. The second-order valence-corrected chi connectivity index (χ2v) is 4.06. The summed E-state index contributed by atoms with van der Waals surface area (Å²) in [5.74, 6) is -0.659. The smallest absolute Gasteiger partial charge is 0.186 e. The van der Waals surface area contributed by atoms with Crippen LogP contribution in [0, 0.1) is 0 Å². The molecule has 0 aromatic heterocycles. The average molecular weight is 204 g/mol. The van der Waals surface area contributed by atoms with Gasteiger partial charge in [0.1, 0.15) is 18.3 Å². The highest BCUT2D eigenvalue weighted by molar-refractivity contribution is 4.91. The average Bonchev–Trinajstić information content (AvgIpc) is 2.42. The van der Waals surface area contributed by atoms with Crippen LogP contribution in [-0.4, -0.2) is 49.2 Å². The Kier molecular flexibility index (Phi) is 2.53. The van der Waals surface area contributed by atoms with Crippen molar-refractivity contribution in [3.8, 4) is 0 Å². The van der Waals surface area contributed by atoms with Crippen LogP contribution in [0.2, 0.25) is 0 Å². The maximum absolute atomic E-state index is 9.79. The first-order valence-electron chi connectivity index (χ1n) is 4.71. The van der Waals surface area contributed by atoms with Gasteiger partial charge in [-0.05, 0) is 13.8 Å². The van der Waals surface area contributed by atoms with E-state index in [1.807, 2.05) is 13.8 Å². The lowest BCUT2D eigenvalue weighted by molar-refractivity contribution is -0.300. The van der Waals surface area contributed by atoms with E-state index >= 15 is 0 Å². The highest BCUT2D eigenvalue weighted by Gasteiger charge is 2.50. The first-order valence-corrected chi connectivity index (χ1v) is 4.71. The van der Waals surface area contributed by atoms with Crippen molar-refractivity contribution >= 4 is 0 Å². The topological polar surface area (TPSA) is 57.2 Å². The van der Waals surface area contributed by atoms with Gasteiger partial charge in [0.25, 0.3) is 0 Å². The minimum atomic E-state index is -0.742. The van der Waals surface area contributed by atoms with Gasteiger partial charge in [-0.3, -0.25) is 0 Å². The molecule has 0 saturated carbocycles. The Morgan fingerprint density at radius 3 is 2.79 bits per heavy atom. The SMILES string of the molecule is CO[C@@H]1O[C@@H]2COC(C)(C)O[C@@H]2C1O. The highest BCUT2D eigenvalue weighted by Crippen LogP contribution is 2.33. The molecule has 2 heterocycles. The molecule has 0 bridgehead atoms. The number of hydrogen-bond acceptors (Lipinski definition) is 5. The summed E-state index contributed by atoms with van der Waals surface area (Å²) in [5, 5.41) is 9.79. The highest BCUT2D eigenvalue weighted by atomic mass is 16.8. The standard InChI is InChI=1S/C9H16O5/c1-9(2)12-4-5-7(14-9)6(10)8(11-3)13-5/h5-8,10H,4H2,1-3H3/t5-,6?,7+,8-/m1/s1. The molecule has 2 aliphatic heterocycles. The molecule has 1 unspecified atom stereocenters. The van der Waals surface area contributed by atoms with Crippen molar-refractivity contribution in [2.75, 3.05) is 13.7 Å². The van der Waals surface area contributed by atoms with Crippen LogP contribution in [0.4, 0.5) is 0 Å². The molecule has 0 aliphatic carbocycles. The van der Waals surface area contributed by atoms with Crippen LogP contribution in [-0.2, 0) is 18.9 Å². The summed E-state index contributed by atoms with van der Waals surface area (Å²) in [6, 6.07) is 0. The van der Waals surface area contributed by atoms with Crippen LogP contribution < -0.4 is 0 Å². The zero-order valence-electron chi connectivity index (χ0n) is 8.60. The van der Waals surface area contributed by atoms with E-state index in [4.69, 9.17) is 18.9 Å². The second-order valence-electron chi connectivity index (χ2n) is 4.06. The van der Waals surface area contributed by atoms with E-state index in [0.717, 1.165) is 0 Å². The van der Waals surface area contributed by atoms with E-state index in [9.17, 15) is 5.11 Å². The molecule has 0 aromatic carbocycles. The molecule has 0 aromatic rings. The maximum Gasteiger partial charge on any atom is 0.186 e. The number of rotatable bonds is 1. The Morgan fingerprint density at radius 1 is 1.43 bits per heavy atom. The second kappa shape index (κ2) is 3.43. The van der Waals surface area contributed by atoms with Crippen molar-refractivity contribution < 1.29 is 24.1 Å². The Morgan fingerprint density at radius 2 is 2.14 bits per heavy atom. The molecule has 0 spiro atoms. The van der Waals surface area contributed by atoms with Crippen molar-refractivity contribution in [3.63, 3.8) is 0 Å². The van der Waals surface area contributed by atoms with E-state index in [1.165, 1.54) is 7.11 Å². The van der Waals surface area contributed by atoms with Crippen molar-refractivity contribution in [1.82, 2.24) is 0 Å². The summed E-state index contributed by atoms with van der Waals surface area (Å²) in [7, 11) is 1.50. The van der Waals surface area contributed by atoms with Crippen LogP contribution in [0.1, 0.15) is 13.8 Å². The van der Waals surface area contributed by atoms with Gasteiger partial charge in [0, 0.05) is 7.11 Å². The predicted molar refractivity (Wildman–Crippen MR) is 46.6 cm³/mol. The zero-order chi connectivity index (χ0) is 10.3. The van der Waals surface area contributed by atoms with Gasteiger partial charge in [-0.25, -0.2) is 0 Å². The lowest BCUT2D eigenvalue weighted by Crippen LogP contribution is -2.50. The Labute approximate surface area is 82.9 Å². The summed E-state index contributed by atoms with van der Waals surface area (Å²) in [6.45, 7) is 4.06. The number of aliphatic hydroxyl groups is 1. The molecule has 82 valence electrons. The van der Waals surface area contributed by atoms with Gasteiger partial charge < -0.3 is 24.1 Å². The van der Waals surface area contributed by atoms with Crippen molar-refractivity contribution in [2.45, 2.75) is 44.2 Å². The van der Waals surface area contributed by atoms with Crippen molar-refractivity contribution in [1.29, 1.82) is 0 Å². The molecule has 2 rings (SSSR count). The lowest BCUT2D eigenvalue weighted by Gasteiger charge is -2.37. The first-order chi connectivity index (χ1) is 6.53. The van der Waals surface area contributed by atoms with Gasteiger partial charge >= 0.3 is 0 Å². The number of hydrogen-bond donors (Lipinski definition) is 1. The number of methoxy groups -OCH3 is 1. The molecule has 5 nitrogen and oxygen atoms in total. The molecule has 14 heavy (non-hydrogen) atoms. The van der Waals surface area contributed by atoms with Crippen molar-refractivity contribution in [2.24, 2.45) is 0 Å². The van der Waals surface area contributed by atoms with Crippen LogP contribution in [0.25, 0.3) is 0 Å². The maximum atomic E-state index is 9.79. The Hall–Kier alpha value is -0.200. The number of aliphatic hydroxyl groups excluding tert-OH is 1. The minimum Gasteiger partial charge on any atom is -0.385 e. The largest absolute Gasteiger partial charge is 0.385 e. The summed E-state index contributed by atoms with van der Waals surface area (Å²) in [4.78, 5) is 0. The van der Waals surface area contributed by atoms with Crippen LogP contribution in [0.15, 0.2) is 0 Å². The van der Waals surface area contributed by atoms with E-state index in [2.05, 4.69) is 0 Å². The van der Waals surface area contributed by atoms with Crippen LogP contribution >= 0.6 is 0 Å². The molecule has 2 saturated heterocycles. The summed E-state index contributed by atoms with van der Waals surface area (Å²) in [5.41, 5.74) is 0. The van der Waals surface area contributed by atoms with Gasteiger partial charge in [0.05, 0.1) is 6.61 Å². The first kappa shape index (κ1) is 10.3. The molecule has 0 amide bonds. The third-order valence-corrected chi connectivity index (χ3v) is 2.54. The van der Waals surface area contributed by atoms with Crippen LogP contribution in [0.5, 0.6) is 0 Å². The van der Waals surface area contributed by atoms with Gasteiger partial charge in [-0.1, -0.05) is 0 Å². The van der Waals surface area contributed by atoms with E-state index in [1.54, 1.807) is 0 Å². The van der Waals surface area contributed by atoms with Crippen molar-refractivity contribution in [3.05, 3.63) is 0 Å². The molecule has 5 heteroatoms. The number of fused-ring (bicyclic) bond motifs is 1. The monoisotopic (exact) mass is 204 g/mol. The summed E-state index contributed by atoms with van der Waals surface area (Å²) >= 11 is 0. The quantitative estimate of drug-likeness (QED) is 0.644. The molecular weight excluding hydrogens is 188 g/mol. The zero-order valence-corrected chi connectivity index (χ0v) is 8.60. The fraction of sp³-hybridized carbons (Fsp3) is 1.00. The molecule has 0 radical (unpaired) electrons. The third kappa shape index (κ3) is 1.66. The van der Waals surface area contributed by atoms with Gasteiger partial charge in [0.15, 0.2) is 12.1 Å². The van der Waals surface area contributed by atoms with Gasteiger partial charge in [-0.2, -0.15) is 0 Å². The fourth-order valence-corrected chi connectivity index (χ4v) is 1.82. The molecule has 1 N–H and O–H groups in total. The summed E-state index contributed by atoms with van der Waals surface area (Å²) in [6.07, 6.45) is -1.94. The van der Waals surface area contributed by atoms with E-state index in [-0.39, 0.29) is 12.2 Å².